The Kier molecular flexibility index (Phi) is 4.83. The first kappa shape index (κ1) is 15.5. The minimum atomic E-state index is -3.38. The van der Waals surface area contributed by atoms with Crippen molar-refractivity contribution in [1.82, 2.24) is 10.0 Å². The molecule has 0 aliphatic heterocycles. The van der Waals surface area contributed by atoms with Crippen LogP contribution in [0.25, 0.3) is 0 Å². The Bertz CT molecular complexity index is 533. The molecular weight excluding hydrogens is 272 g/mol. The molecule has 0 amide bonds. The van der Waals surface area contributed by atoms with E-state index in [0.717, 1.165) is 24.9 Å². The Balaban J connectivity index is 2.00. The SMILES string of the molecule is CC(C)NCc1ccc(S(=O)(=O)NC(C)C2CC2)cc1. The molecule has 1 aromatic carbocycles. The average molecular weight is 296 g/mol. The van der Waals surface area contributed by atoms with Crippen molar-refractivity contribution in [2.24, 2.45) is 5.92 Å². The van der Waals surface area contributed by atoms with Crippen molar-refractivity contribution in [2.45, 2.75) is 57.1 Å². The van der Waals surface area contributed by atoms with Crippen LogP contribution >= 0.6 is 0 Å². The molecule has 1 saturated carbocycles. The largest absolute Gasteiger partial charge is 0.310 e. The highest BCUT2D eigenvalue weighted by Crippen LogP contribution is 2.33. The standard InChI is InChI=1S/C15H24N2O2S/c1-11(2)16-10-13-4-8-15(9-5-13)20(18,19)17-12(3)14-6-7-14/h4-5,8-9,11-12,14,16-17H,6-7,10H2,1-3H3. The maximum atomic E-state index is 12.2. The first-order chi connectivity index (χ1) is 9.38. The van der Waals surface area contributed by atoms with E-state index in [1.165, 1.54) is 0 Å². The van der Waals surface area contributed by atoms with Gasteiger partial charge in [-0.25, -0.2) is 13.1 Å². The minimum Gasteiger partial charge on any atom is -0.310 e. The van der Waals surface area contributed by atoms with E-state index in [9.17, 15) is 8.42 Å². The predicted octanol–water partition coefficient (Wildman–Crippen LogP) is 2.26. The van der Waals surface area contributed by atoms with Crippen LogP contribution in [-0.2, 0) is 16.6 Å². The van der Waals surface area contributed by atoms with Gasteiger partial charge in [0.25, 0.3) is 0 Å². The van der Waals surface area contributed by atoms with Gasteiger partial charge in [-0.1, -0.05) is 26.0 Å². The van der Waals surface area contributed by atoms with Crippen LogP contribution in [0.5, 0.6) is 0 Å². The van der Waals surface area contributed by atoms with Crippen molar-refractivity contribution in [3.8, 4) is 0 Å². The Morgan fingerprint density at radius 3 is 2.25 bits per heavy atom. The molecule has 1 aromatic rings. The molecule has 1 unspecified atom stereocenters. The second-order valence-corrected chi connectivity index (χ2v) is 7.64. The van der Waals surface area contributed by atoms with Crippen LogP contribution < -0.4 is 10.0 Å². The van der Waals surface area contributed by atoms with Gasteiger partial charge in [-0.3, -0.25) is 0 Å². The maximum absolute atomic E-state index is 12.2. The van der Waals surface area contributed by atoms with Crippen molar-refractivity contribution >= 4 is 10.0 Å². The van der Waals surface area contributed by atoms with E-state index in [4.69, 9.17) is 0 Å². The lowest BCUT2D eigenvalue weighted by molar-refractivity contribution is 0.538. The molecule has 1 atom stereocenters. The predicted molar refractivity (Wildman–Crippen MR) is 80.9 cm³/mol. The number of benzene rings is 1. The third kappa shape index (κ3) is 4.30. The number of sulfonamides is 1. The molecular formula is C15H24N2O2S. The van der Waals surface area contributed by atoms with Crippen LogP contribution in [0.3, 0.4) is 0 Å². The van der Waals surface area contributed by atoms with Gasteiger partial charge in [-0.2, -0.15) is 0 Å². The molecule has 0 saturated heterocycles. The van der Waals surface area contributed by atoms with Gasteiger partial charge in [0.2, 0.25) is 10.0 Å². The Morgan fingerprint density at radius 1 is 1.15 bits per heavy atom. The van der Waals surface area contributed by atoms with Gasteiger partial charge in [0.05, 0.1) is 4.90 Å². The van der Waals surface area contributed by atoms with Crippen LogP contribution in [-0.4, -0.2) is 20.5 Å². The average Bonchev–Trinajstić information content (AvgIpc) is 3.20. The summed E-state index contributed by atoms with van der Waals surface area (Å²) in [6, 6.07) is 7.54. The van der Waals surface area contributed by atoms with Crippen molar-refractivity contribution in [1.29, 1.82) is 0 Å². The number of hydrogen-bond donors (Lipinski definition) is 2. The highest BCUT2D eigenvalue weighted by atomic mass is 32.2. The fraction of sp³-hybridized carbons (Fsp3) is 0.600. The second kappa shape index (κ2) is 6.24. The van der Waals surface area contributed by atoms with Crippen molar-refractivity contribution in [3.63, 3.8) is 0 Å². The first-order valence-electron chi connectivity index (χ1n) is 7.23. The van der Waals surface area contributed by atoms with Crippen molar-refractivity contribution in [2.75, 3.05) is 0 Å². The second-order valence-electron chi connectivity index (χ2n) is 5.93. The van der Waals surface area contributed by atoms with E-state index in [2.05, 4.69) is 23.9 Å². The number of hydrogen-bond acceptors (Lipinski definition) is 3. The summed E-state index contributed by atoms with van der Waals surface area (Å²) in [7, 11) is -3.38. The fourth-order valence-corrected chi connectivity index (χ4v) is 3.43. The smallest absolute Gasteiger partial charge is 0.240 e. The topological polar surface area (TPSA) is 58.2 Å². The van der Waals surface area contributed by atoms with Gasteiger partial charge < -0.3 is 5.32 Å². The molecule has 0 bridgehead atoms. The zero-order valence-corrected chi connectivity index (χ0v) is 13.2. The van der Waals surface area contributed by atoms with E-state index in [0.29, 0.717) is 16.9 Å². The third-order valence-electron chi connectivity index (χ3n) is 3.62. The molecule has 5 heteroatoms. The van der Waals surface area contributed by atoms with Gasteiger partial charge in [0, 0.05) is 18.6 Å². The molecule has 2 N–H and O–H groups in total. The summed E-state index contributed by atoms with van der Waals surface area (Å²) < 4.78 is 27.2. The molecule has 1 fully saturated rings. The van der Waals surface area contributed by atoms with Crippen LogP contribution in [0.1, 0.15) is 39.2 Å². The highest BCUT2D eigenvalue weighted by molar-refractivity contribution is 7.89. The lowest BCUT2D eigenvalue weighted by atomic mass is 10.2. The Morgan fingerprint density at radius 2 is 1.75 bits per heavy atom. The summed E-state index contributed by atoms with van der Waals surface area (Å²) >= 11 is 0. The minimum absolute atomic E-state index is 0.0299. The summed E-state index contributed by atoms with van der Waals surface area (Å²) in [5.74, 6) is 0.513. The highest BCUT2D eigenvalue weighted by Gasteiger charge is 2.31. The molecule has 20 heavy (non-hydrogen) atoms. The molecule has 0 spiro atoms. The van der Waals surface area contributed by atoms with Crippen molar-refractivity contribution < 1.29 is 8.42 Å². The lowest BCUT2D eigenvalue weighted by Crippen LogP contribution is -2.34. The lowest BCUT2D eigenvalue weighted by Gasteiger charge is -2.14. The first-order valence-corrected chi connectivity index (χ1v) is 8.71. The van der Waals surface area contributed by atoms with Gasteiger partial charge in [-0.15, -0.1) is 0 Å². The van der Waals surface area contributed by atoms with Crippen LogP contribution in [0.2, 0.25) is 0 Å². The van der Waals surface area contributed by atoms with E-state index in [-0.39, 0.29) is 6.04 Å². The molecule has 112 valence electrons. The number of nitrogens with one attached hydrogen (secondary N) is 2. The van der Waals surface area contributed by atoms with Crippen LogP contribution in [0.15, 0.2) is 29.2 Å². The summed E-state index contributed by atoms with van der Waals surface area (Å²) in [5, 5.41) is 3.31. The summed E-state index contributed by atoms with van der Waals surface area (Å²) in [6.45, 7) is 6.87. The maximum Gasteiger partial charge on any atom is 0.240 e. The summed E-state index contributed by atoms with van der Waals surface area (Å²) in [5.41, 5.74) is 1.09. The van der Waals surface area contributed by atoms with Crippen molar-refractivity contribution in [3.05, 3.63) is 29.8 Å². The fourth-order valence-electron chi connectivity index (χ4n) is 2.11. The molecule has 0 radical (unpaired) electrons. The Labute approximate surface area is 122 Å². The van der Waals surface area contributed by atoms with E-state index >= 15 is 0 Å². The molecule has 0 aromatic heterocycles. The van der Waals surface area contributed by atoms with Crippen LogP contribution in [0.4, 0.5) is 0 Å². The normalized spacial score (nSPS) is 17.4. The molecule has 4 nitrogen and oxygen atoms in total. The summed E-state index contributed by atoms with van der Waals surface area (Å²) in [4.78, 5) is 0.346. The molecule has 0 heterocycles. The van der Waals surface area contributed by atoms with Gasteiger partial charge in [0.1, 0.15) is 0 Å². The monoisotopic (exact) mass is 296 g/mol. The van der Waals surface area contributed by atoms with E-state index < -0.39 is 10.0 Å². The van der Waals surface area contributed by atoms with Crippen LogP contribution in [0, 0.1) is 5.92 Å². The summed E-state index contributed by atoms with van der Waals surface area (Å²) in [6.07, 6.45) is 2.26. The Hall–Kier alpha value is -0.910. The van der Waals surface area contributed by atoms with Gasteiger partial charge in [-0.05, 0) is 43.4 Å². The zero-order valence-electron chi connectivity index (χ0n) is 12.4. The molecule has 1 aliphatic rings. The van der Waals surface area contributed by atoms with E-state index in [1.54, 1.807) is 12.1 Å². The molecule has 2 rings (SSSR count). The quantitative estimate of drug-likeness (QED) is 0.811. The van der Waals surface area contributed by atoms with Gasteiger partial charge in [0.15, 0.2) is 0 Å². The van der Waals surface area contributed by atoms with Gasteiger partial charge >= 0.3 is 0 Å². The third-order valence-corrected chi connectivity index (χ3v) is 5.19. The molecule has 1 aliphatic carbocycles. The van der Waals surface area contributed by atoms with E-state index in [1.807, 2.05) is 19.1 Å². The number of rotatable bonds is 7. The zero-order chi connectivity index (χ0) is 14.8.